The van der Waals surface area contributed by atoms with Crippen LogP contribution in [0.5, 0.6) is 0 Å². The van der Waals surface area contributed by atoms with Crippen LogP contribution in [0.3, 0.4) is 0 Å². The molecule has 1 aliphatic heterocycles. The molecule has 3 heteroatoms. The predicted octanol–water partition coefficient (Wildman–Crippen LogP) is 2.37. The maximum atomic E-state index is 11.4. The summed E-state index contributed by atoms with van der Waals surface area (Å²) in [4.78, 5) is 11.4. The van der Waals surface area contributed by atoms with Crippen molar-refractivity contribution in [3.8, 4) is 6.07 Å². The number of hydrogen-bond donors (Lipinski definition) is 0. The number of hydrogen-bond acceptors (Lipinski definition) is 3. The molecule has 0 radical (unpaired) electrons. The molecule has 15 heavy (non-hydrogen) atoms. The fourth-order valence-electron chi connectivity index (χ4n) is 1.78. The molecule has 0 bridgehead atoms. The number of nitriles is 1. The van der Waals surface area contributed by atoms with Gasteiger partial charge in [0.15, 0.2) is 0 Å². The van der Waals surface area contributed by atoms with Crippen molar-refractivity contribution in [3.63, 3.8) is 0 Å². The van der Waals surface area contributed by atoms with Gasteiger partial charge in [-0.3, -0.25) is 0 Å². The van der Waals surface area contributed by atoms with Crippen LogP contribution < -0.4 is 0 Å². The van der Waals surface area contributed by atoms with Crippen LogP contribution in [0.25, 0.3) is 0 Å². The molecule has 0 aliphatic carbocycles. The van der Waals surface area contributed by atoms with Crippen LogP contribution in [-0.4, -0.2) is 5.97 Å². The van der Waals surface area contributed by atoms with Gasteiger partial charge in [-0.25, -0.2) is 4.79 Å². The lowest BCUT2D eigenvalue weighted by molar-refractivity contribution is 0.0478. The number of carbonyl (C=O) groups excluding carboxylic acids is 1. The van der Waals surface area contributed by atoms with Gasteiger partial charge in [0.25, 0.3) is 0 Å². The van der Waals surface area contributed by atoms with Gasteiger partial charge in [0, 0.05) is 5.56 Å². The van der Waals surface area contributed by atoms with Gasteiger partial charge < -0.3 is 4.74 Å². The van der Waals surface area contributed by atoms with Crippen molar-refractivity contribution in [1.82, 2.24) is 0 Å². The summed E-state index contributed by atoms with van der Waals surface area (Å²) in [7, 11) is 0. The molecule has 0 aromatic heterocycles. The predicted molar refractivity (Wildman–Crippen MR) is 54.2 cm³/mol. The second kappa shape index (κ2) is 3.74. The van der Waals surface area contributed by atoms with Crippen molar-refractivity contribution < 1.29 is 9.53 Å². The Bertz CT molecular complexity index is 445. The highest BCUT2D eigenvalue weighted by Crippen LogP contribution is 2.30. The number of ether oxygens (including phenoxy) is 1. The summed E-state index contributed by atoms with van der Waals surface area (Å²) in [5.74, 6) is -0.380. The van der Waals surface area contributed by atoms with E-state index in [0.29, 0.717) is 11.1 Å². The van der Waals surface area contributed by atoms with Crippen LogP contribution in [0.1, 0.15) is 40.9 Å². The number of rotatable bonds is 2. The van der Waals surface area contributed by atoms with E-state index < -0.39 is 6.10 Å². The standard InChI is InChI=1S/C12H11NO2/c1-2-3-8-4-5-9-10(6-8)12(14)15-11(9)7-13/h4-6,11H,2-3H2,1H3. The number of fused-ring (bicyclic) bond motifs is 1. The zero-order valence-corrected chi connectivity index (χ0v) is 8.49. The number of carbonyl (C=O) groups is 1. The zero-order valence-electron chi connectivity index (χ0n) is 8.49. The number of esters is 1. The molecule has 1 unspecified atom stereocenters. The van der Waals surface area contributed by atoms with E-state index in [1.54, 1.807) is 0 Å². The lowest BCUT2D eigenvalue weighted by atomic mass is 10.0. The van der Waals surface area contributed by atoms with E-state index in [2.05, 4.69) is 6.92 Å². The summed E-state index contributed by atoms with van der Waals surface area (Å²) in [5, 5.41) is 8.78. The van der Waals surface area contributed by atoms with Crippen LogP contribution in [0, 0.1) is 11.3 Å². The summed E-state index contributed by atoms with van der Waals surface area (Å²) >= 11 is 0. The molecule has 76 valence electrons. The average Bonchev–Trinajstić information content (AvgIpc) is 2.56. The first-order chi connectivity index (χ1) is 7.26. The van der Waals surface area contributed by atoms with Gasteiger partial charge in [0.2, 0.25) is 6.10 Å². The summed E-state index contributed by atoms with van der Waals surface area (Å²) in [5.41, 5.74) is 2.36. The van der Waals surface area contributed by atoms with E-state index >= 15 is 0 Å². The Morgan fingerprint density at radius 1 is 1.53 bits per heavy atom. The first kappa shape index (κ1) is 9.72. The largest absolute Gasteiger partial charge is 0.438 e. The van der Waals surface area contributed by atoms with Crippen LogP contribution in [0.2, 0.25) is 0 Å². The van der Waals surface area contributed by atoms with Crippen molar-refractivity contribution in [1.29, 1.82) is 5.26 Å². The molecule has 0 spiro atoms. The van der Waals surface area contributed by atoms with Gasteiger partial charge in [0.1, 0.15) is 6.07 Å². The molecule has 0 fully saturated rings. The van der Waals surface area contributed by atoms with E-state index in [4.69, 9.17) is 10.00 Å². The van der Waals surface area contributed by atoms with Crippen LogP contribution in [0.4, 0.5) is 0 Å². The van der Waals surface area contributed by atoms with Gasteiger partial charge >= 0.3 is 5.97 Å². The van der Waals surface area contributed by atoms with E-state index in [9.17, 15) is 4.79 Å². The second-order valence-electron chi connectivity index (χ2n) is 3.59. The van der Waals surface area contributed by atoms with Gasteiger partial charge in [-0.1, -0.05) is 25.5 Å². The number of benzene rings is 1. The highest BCUT2D eigenvalue weighted by Gasteiger charge is 2.30. The molecule has 0 amide bonds. The molecule has 1 atom stereocenters. The van der Waals surface area contributed by atoms with Crippen molar-refractivity contribution in [2.75, 3.05) is 0 Å². The van der Waals surface area contributed by atoms with E-state index in [1.165, 1.54) is 0 Å². The third kappa shape index (κ3) is 1.59. The van der Waals surface area contributed by atoms with Gasteiger partial charge in [-0.05, 0) is 18.1 Å². The van der Waals surface area contributed by atoms with Gasteiger partial charge in [0.05, 0.1) is 5.56 Å². The zero-order chi connectivity index (χ0) is 10.8. The quantitative estimate of drug-likeness (QED) is 0.690. The minimum absolute atomic E-state index is 0.380. The minimum Gasteiger partial charge on any atom is -0.438 e. The van der Waals surface area contributed by atoms with Crippen molar-refractivity contribution in [3.05, 3.63) is 34.9 Å². The third-order valence-electron chi connectivity index (χ3n) is 2.50. The van der Waals surface area contributed by atoms with Crippen LogP contribution in [-0.2, 0) is 11.2 Å². The monoisotopic (exact) mass is 201 g/mol. The van der Waals surface area contributed by atoms with E-state index in [0.717, 1.165) is 18.4 Å². The summed E-state index contributed by atoms with van der Waals surface area (Å²) in [6, 6.07) is 7.56. The Labute approximate surface area is 88.3 Å². The minimum atomic E-state index is -0.719. The molecule has 0 saturated carbocycles. The fourth-order valence-corrected chi connectivity index (χ4v) is 1.78. The molecule has 1 aromatic carbocycles. The molecule has 1 aliphatic rings. The molecule has 1 heterocycles. The number of nitrogens with zero attached hydrogens (tertiary/aromatic N) is 1. The molecular formula is C12H11NO2. The lowest BCUT2D eigenvalue weighted by Gasteiger charge is -2.01. The van der Waals surface area contributed by atoms with E-state index in [1.807, 2.05) is 24.3 Å². The Morgan fingerprint density at radius 3 is 3.00 bits per heavy atom. The van der Waals surface area contributed by atoms with Crippen molar-refractivity contribution in [2.24, 2.45) is 0 Å². The molecule has 0 N–H and O–H groups in total. The maximum absolute atomic E-state index is 11.4. The smallest absolute Gasteiger partial charge is 0.340 e. The van der Waals surface area contributed by atoms with E-state index in [-0.39, 0.29) is 5.97 Å². The van der Waals surface area contributed by atoms with Crippen LogP contribution >= 0.6 is 0 Å². The summed E-state index contributed by atoms with van der Waals surface area (Å²) in [6.45, 7) is 2.09. The first-order valence-corrected chi connectivity index (χ1v) is 4.99. The Balaban J connectivity index is 2.42. The molecular weight excluding hydrogens is 190 g/mol. The highest BCUT2D eigenvalue weighted by atomic mass is 16.5. The Kier molecular flexibility index (Phi) is 2.42. The molecule has 3 nitrogen and oxygen atoms in total. The second-order valence-corrected chi connectivity index (χ2v) is 3.59. The van der Waals surface area contributed by atoms with Crippen LogP contribution in [0.15, 0.2) is 18.2 Å². The first-order valence-electron chi connectivity index (χ1n) is 4.99. The SMILES string of the molecule is CCCc1ccc2c(c1)C(=O)OC2C#N. The normalized spacial score (nSPS) is 18.1. The topological polar surface area (TPSA) is 50.1 Å². The van der Waals surface area contributed by atoms with Crippen molar-refractivity contribution in [2.45, 2.75) is 25.9 Å². The van der Waals surface area contributed by atoms with Gasteiger partial charge in [-0.2, -0.15) is 5.26 Å². The maximum Gasteiger partial charge on any atom is 0.340 e. The molecule has 2 rings (SSSR count). The lowest BCUT2D eigenvalue weighted by Crippen LogP contribution is -1.95. The Morgan fingerprint density at radius 2 is 2.33 bits per heavy atom. The number of cyclic esters (lactones) is 1. The third-order valence-corrected chi connectivity index (χ3v) is 2.50. The fraction of sp³-hybridized carbons (Fsp3) is 0.333. The summed E-state index contributed by atoms with van der Waals surface area (Å²) < 4.78 is 4.91. The molecule has 1 aromatic rings. The number of aryl methyl sites for hydroxylation is 1. The van der Waals surface area contributed by atoms with Gasteiger partial charge in [-0.15, -0.1) is 0 Å². The van der Waals surface area contributed by atoms with Crippen molar-refractivity contribution >= 4 is 5.97 Å². The highest BCUT2D eigenvalue weighted by molar-refractivity contribution is 5.94. The average molecular weight is 201 g/mol. The summed E-state index contributed by atoms with van der Waals surface area (Å²) in [6.07, 6.45) is 1.26. The molecule has 0 saturated heterocycles. The Hall–Kier alpha value is -1.82.